The maximum atomic E-state index is 3.61. The standard InChI is InChI=1S/C15H21N/c1-10-6-7-12(8-10)14-9-16-15-11(2)4-3-5-13(14)15/h3-5,10,12,14,16H,6-9H2,1-2H3. The molecule has 86 valence electrons. The number of hydrogen-bond donors (Lipinski definition) is 1. The Morgan fingerprint density at radius 2 is 2.12 bits per heavy atom. The average molecular weight is 215 g/mol. The van der Waals surface area contributed by atoms with Crippen molar-refractivity contribution in [2.24, 2.45) is 11.8 Å². The second-order valence-electron chi connectivity index (χ2n) is 5.70. The van der Waals surface area contributed by atoms with Crippen molar-refractivity contribution in [3.63, 3.8) is 0 Å². The van der Waals surface area contributed by atoms with Crippen molar-refractivity contribution in [2.75, 3.05) is 11.9 Å². The van der Waals surface area contributed by atoms with Gasteiger partial charge in [-0.2, -0.15) is 0 Å². The average Bonchev–Trinajstić information content (AvgIpc) is 2.84. The summed E-state index contributed by atoms with van der Waals surface area (Å²) in [5, 5.41) is 3.61. The number of para-hydroxylation sites is 1. The Kier molecular flexibility index (Phi) is 2.42. The maximum Gasteiger partial charge on any atom is 0.0406 e. The number of fused-ring (bicyclic) bond motifs is 1. The van der Waals surface area contributed by atoms with Crippen molar-refractivity contribution >= 4 is 5.69 Å². The van der Waals surface area contributed by atoms with E-state index >= 15 is 0 Å². The monoisotopic (exact) mass is 215 g/mol. The molecule has 1 aromatic carbocycles. The first-order chi connectivity index (χ1) is 7.75. The highest BCUT2D eigenvalue weighted by Gasteiger charge is 2.34. The molecule has 3 rings (SSSR count). The van der Waals surface area contributed by atoms with Crippen LogP contribution in [0.25, 0.3) is 0 Å². The van der Waals surface area contributed by atoms with Gasteiger partial charge in [-0.25, -0.2) is 0 Å². The predicted molar refractivity (Wildman–Crippen MR) is 68.9 cm³/mol. The summed E-state index contributed by atoms with van der Waals surface area (Å²) in [4.78, 5) is 0. The number of aryl methyl sites for hydroxylation is 1. The van der Waals surface area contributed by atoms with Gasteiger partial charge in [0.05, 0.1) is 0 Å². The van der Waals surface area contributed by atoms with Crippen molar-refractivity contribution in [3.05, 3.63) is 29.3 Å². The minimum Gasteiger partial charge on any atom is -0.384 e. The molecule has 0 bridgehead atoms. The zero-order valence-electron chi connectivity index (χ0n) is 10.3. The molecule has 0 amide bonds. The van der Waals surface area contributed by atoms with Crippen LogP contribution in [0.3, 0.4) is 0 Å². The molecule has 1 fully saturated rings. The summed E-state index contributed by atoms with van der Waals surface area (Å²) >= 11 is 0. The fourth-order valence-corrected chi connectivity index (χ4v) is 3.60. The lowest BCUT2D eigenvalue weighted by molar-refractivity contribution is 0.442. The van der Waals surface area contributed by atoms with E-state index in [-0.39, 0.29) is 0 Å². The Balaban J connectivity index is 1.89. The van der Waals surface area contributed by atoms with Gasteiger partial charge in [0.15, 0.2) is 0 Å². The van der Waals surface area contributed by atoms with Crippen molar-refractivity contribution in [1.82, 2.24) is 0 Å². The normalized spacial score (nSPS) is 32.5. The first-order valence-electron chi connectivity index (χ1n) is 6.59. The van der Waals surface area contributed by atoms with Gasteiger partial charge in [-0.3, -0.25) is 0 Å². The number of anilines is 1. The van der Waals surface area contributed by atoms with Gasteiger partial charge in [-0.05, 0) is 42.7 Å². The first kappa shape index (κ1) is 10.2. The fraction of sp³-hybridized carbons (Fsp3) is 0.600. The van der Waals surface area contributed by atoms with E-state index in [1.165, 1.54) is 30.5 Å². The summed E-state index contributed by atoms with van der Waals surface area (Å²) < 4.78 is 0. The molecule has 0 spiro atoms. The largest absolute Gasteiger partial charge is 0.384 e. The highest BCUT2D eigenvalue weighted by atomic mass is 14.9. The lowest BCUT2D eigenvalue weighted by Gasteiger charge is -2.18. The summed E-state index contributed by atoms with van der Waals surface area (Å²) in [6.45, 7) is 5.78. The fourth-order valence-electron chi connectivity index (χ4n) is 3.60. The van der Waals surface area contributed by atoms with E-state index in [1.54, 1.807) is 5.56 Å². The quantitative estimate of drug-likeness (QED) is 0.748. The van der Waals surface area contributed by atoms with Crippen LogP contribution in [0.1, 0.15) is 43.2 Å². The van der Waals surface area contributed by atoms with Crippen LogP contribution in [0.5, 0.6) is 0 Å². The third-order valence-electron chi connectivity index (χ3n) is 4.51. The summed E-state index contributed by atoms with van der Waals surface area (Å²) in [5.74, 6) is 2.64. The van der Waals surface area contributed by atoms with Crippen LogP contribution in [0.2, 0.25) is 0 Å². The second-order valence-corrected chi connectivity index (χ2v) is 5.70. The third kappa shape index (κ3) is 1.53. The second kappa shape index (κ2) is 3.80. The van der Waals surface area contributed by atoms with Crippen molar-refractivity contribution < 1.29 is 0 Å². The molecule has 16 heavy (non-hydrogen) atoms. The van der Waals surface area contributed by atoms with Crippen LogP contribution in [-0.4, -0.2) is 6.54 Å². The van der Waals surface area contributed by atoms with Crippen molar-refractivity contribution in [2.45, 2.75) is 39.0 Å². The lowest BCUT2D eigenvalue weighted by Crippen LogP contribution is -2.12. The molecule has 1 saturated carbocycles. The molecule has 3 unspecified atom stereocenters. The summed E-state index contributed by atoms with van der Waals surface area (Å²) in [5.41, 5.74) is 4.41. The minimum absolute atomic E-state index is 0.778. The van der Waals surface area contributed by atoms with Gasteiger partial charge in [0, 0.05) is 18.2 Å². The number of hydrogen-bond acceptors (Lipinski definition) is 1. The summed E-state index contributed by atoms with van der Waals surface area (Å²) in [6.07, 6.45) is 4.29. The van der Waals surface area contributed by atoms with Crippen LogP contribution >= 0.6 is 0 Å². The molecule has 1 aromatic rings. The smallest absolute Gasteiger partial charge is 0.0406 e. The van der Waals surface area contributed by atoms with Crippen molar-refractivity contribution in [1.29, 1.82) is 0 Å². The van der Waals surface area contributed by atoms with E-state index in [0.29, 0.717) is 0 Å². The molecule has 1 N–H and O–H groups in total. The Hall–Kier alpha value is -0.980. The molecule has 2 aliphatic rings. The van der Waals surface area contributed by atoms with Crippen LogP contribution in [0.15, 0.2) is 18.2 Å². The summed E-state index contributed by atoms with van der Waals surface area (Å²) in [7, 11) is 0. The van der Waals surface area contributed by atoms with Gasteiger partial charge >= 0.3 is 0 Å². The van der Waals surface area contributed by atoms with Gasteiger partial charge < -0.3 is 5.32 Å². The Morgan fingerprint density at radius 1 is 1.25 bits per heavy atom. The van der Waals surface area contributed by atoms with Gasteiger partial charge in [0.25, 0.3) is 0 Å². The Labute approximate surface area is 98.3 Å². The zero-order valence-corrected chi connectivity index (χ0v) is 10.3. The SMILES string of the molecule is Cc1cccc2c1NCC2C1CCC(C)C1. The summed E-state index contributed by atoms with van der Waals surface area (Å²) in [6, 6.07) is 6.76. The Morgan fingerprint density at radius 3 is 2.88 bits per heavy atom. The van der Waals surface area contributed by atoms with Crippen molar-refractivity contribution in [3.8, 4) is 0 Å². The van der Waals surface area contributed by atoms with Crippen LogP contribution in [-0.2, 0) is 0 Å². The lowest BCUT2D eigenvalue weighted by atomic mass is 9.85. The highest BCUT2D eigenvalue weighted by Crippen LogP contribution is 2.45. The molecule has 1 heteroatoms. The minimum atomic E-state index is 0.778. The van der Waals surface area contributed by atoms with E-state index in [2.05, 4.69) is 37.4 Å². The third-order valence-corrected chi connectivity index (χ3v) is 4.51. The van der Waals surface area contributed by atoms with E-state index < -0.39 is 0 Å². The number of nitrogens with one attached hydrogen (secondary N) is 1. The van der Waals surface area contributed by atoms with Gasteiger partial charge in [0.2, 0.25) is 0 Å². The molecule has 1 nitrogen and oxygen atoms in total. The maximum absolute atomic E-state index is 3.61. The molecule has 0 aromatic heterocycles. The van der Waals surface area contributed by atoms with Gasteiger partial charge in [-0.1, -0.05) is 31.5 Å². The molecule has 1 aliphatic carbocycles. The highest BCUT2D eigenvalue weighted by molar-refractivity contribution is 5.62. The molecule has 0 saturated heterocycles. The van der Waals surface area contributed by atoms with Gasteiger partial charge in [-0.15, -0.1) is 0 Å². The molecule has 0 radical (unpaired) electrons. The number of rotatable bonds is 1. The van der Waals surface area contributed by atoms with Gasteiger partial charge in [0.1, 0.15) is 0 Å². The van der Waals surface area contributed by atoms with Crippen LogP contribution < -0.4 is 5.32 Å². The number of benzene rings is 1. The zero-order chi connectivity index (χ0) is 11.1. The van der Waals surface area contributed by atoms with E-state index in [4.69, 9.17) is 0 Å². The molecular formula is C15H21N. The topological polar surface area (TPSA) is 12.0 Å². The molecular weight excluding hydrogens is 194 g/mol. The molecule has 1 aliphatic heterocycles. The predicted octanol–water partition coefficient (Wildman–Crippen LogP) is 3.94. The first-order valence-corrected chi connectivity index (χ1v) is 6.59. The molecule has 3 atom stereocenters. The van der Waals surface area contributed by atoms with E-state index in [1.807, 2.05) is 0 Å². The molecule has 1 heterocycles. The van der Waals surface area contributed by atoms with Crippen LogP contribution in [0, 0.1) is 18.8 Å². The van der Waals surface area contributed by atoms with E-state index in [9.17, 15) is 0 Å². The van der Waals surface area contributed by atoms with Crippen LogP contribution in [0.4, 0.5) is 5.69 Å². The Bertz CT molecular complexity index is 396. The van der Waals surface area contributed by atoms with E-state index in [0.717, 1.165) is 24.3 Å².